The molecule has 1 saturated heterocycles. The lowest BCUT2D eigenvalue weighted by Crippen LogP contribution is -2.35. The van der Waals surface area contributed by atoms with E-state index in [1.54, 1.807) is 0 Å². The minimum atomic E-state index is 0.860. The maximum Gasteiger partial charge on any atom is 0.0913 e. The van der Waals surface area contributed by atoms with Gasteiger partial charge in [-0.25, -0.2) is 0 Å². The molecular formula is C10H16N2OS. The van der Waals surface area contributed by atoms with Crippen LogP contribution in [0.4, 0.5) is 5.00 Å². The van der Waals surface area contributed by atoms with E-state index in [-0.39, 0.29) is 0 Å². The van der Waals surface area contributed by atoms with Crippen molar-refractivity contribution in [2.75, 3.05) is 38.3 Å². The van der Waals surface area contributed by atoms with Crippen LogP contribution in [-0.2, 0) is 11.3 Å². The summed E-state index contributed by atoms with van der Waals surface area (Å²) in [6, 6.07) is 4.41. The quantitative estimate of drug-likeness (QED) is 0.817. The molecule has 0 bridgehead atoms. The first kappa shape index (κ1) is 9.96. The molecule has 0 aromatic carbocycles. The predicted octanol–water partition coefficient (Wildman–Crippen LogP) is 1.30. The summed E-state index contributed by atoms with van der Waals surface area (Å²) in [5, 5.41) is 4.54. The van der Waals surface area contributed by atoms with Gasteiger partial charge in [0.05, 0.1) is 18.2 Å². The zero-order valence-corrected chi connectivity index (χ0v) is 9.27. The third-order valence-corrected chi connectivity index (χ3v) is 3.47. The normalized spacial score (nSPS) is 17.4. The average molecular weight is 212 g/mol. The number of anilines is 1. The largest absolute Gasteiger partial charge is 0.378 e. The van der Waals surface area contributed by atoms with E-state index >= 15 is 0 Å². The van der Waals surface area contributed by atoms with E-state index in [1.807, 2.05) is 18.4 Å². The lowest BCUT2D eigenvalue weighted by molar-refractivity contribution is 0.123. The molecule has 0 saturated carbocycles. The second-order valence-corrected chi connectivity index (χ2v) is 4.52. The highest BCUT2D eigenvalue weighted by Crippen LogP contribution is 2.26. The first-order valence-electron chi connectivity index (χ1n) is 4.96. The number of nitrogens with one attached hydrogen (secondary N) is 1. The molecule has 14 heavy (non-hydrogen) atoms. The summed E-state index contributed by atoms with van der Waals surface area (Å²) in [6.07, 6.45) is 0. The molecule has 1 aliphatic heterocycles. The zero-order valence-electron chi connectivity index (χ0n) is 8.45. The van der Waals surface area contributed by atoms with Crippen molar-refractivity contribution < 1.29 is 4.74 Å². The fourth-order valence-electron chi connectivity index (χ4n) is 1.59. The Kier molecular flexibility index (Phi) is 3.39. The molecule has 1 aromatic rings. The highest BCUT2D eigenvalue weighted by Gasteiger charge is 2.12. The van der Waals surface area contributed by atoms with Gasteiger partial charge in [-0.2, -0.15) is 0 Å². The molecule has 1 aliphatic rings. The first-order chi connectivity index (χ1) is 6.90. The molecule has 2 heterocycles. The highest BCUT2D eigenvalue weighted by atomic mass is 32.1. The van der Waals surface area contributed by atoms with Gasteiger partial charge in [0.2, 0.25) is 0 Å². The Hall–Kier alpha value is -0.580. The summed E-state index contributed by atoms with van der Waals surface area (Å²) >= 11 is 1.87. The molecule has 3 nitrogen and oxygen atoms in total. The summed E-state index contributed by atoms with van der Waals surface area (Å²) < 4.78 is 5.33. The number of hydrogen-bond acceptors (Lipinski definition) is 4. The van der Waals surface area contributed by atoms with Gasteiger partial charge >= 0.3 is 0 Å². The van der Waals surface area contributed by atoms with Gasteiger partial charge in [-0.1, -0.05) is 0 Å². The molecule has 0 atom stereocenters. The average Bonchev–Trinajstić information content (AvgIpc) is 2.68. The molecule has 1 N–H and O–H groups in total. The van der Waals surface area contributed by atoms with Gasteiger partial charge in [-0.3, -0.25) is 0 Å². The van der Waals surface area contributed by atoms with Gasteiger partial charge < -0.3 is 15.0 Å². The SMILES string of the molecule is CNCc1ccc(N2CCOCC2)s1. The lowest BCUT2D eigenvalue weighted by atomic mass is 10.4. The van der Waals surface area contributed by atoms with E-state index in [4.69, 9.17) is 4.74 Å². The molecule has 4 heteroatoms. The Morgan fingerprint density at radius 2 is 2.21 bits per heavy atom. The smallest absolute Gasteiger partial charge is 0.0913 e. The summed E-state index contributed by atoms with van der Waals surface area (Å²) in [4.78, 5) is 3.79. The summed E-state index contributed by atoms with van der Waals surface area (Å²) in [5.41, 5.74) is 0. The van der Waals surface area contributed by atoms with Crippen LogP contribution in [0.2, 0.25) is 0 Å². The van der Waals surface area contributed by atoms with Gasteiger partial charge in [0.1, 0.15) is 0 Å². The Balaban J connectivity index is 2.00. The third-order valence-electron chi connectivity index (χ3n) is 2.32. The van der Waals surface area contributed by atoms with Gasteiger partial charge in [0, 0.05) is 24.5 Å². The van der Waals surface area contributed by atoms with Crippen molar-refractivity contribution in [1.29, 1.82) is 0 Å². The van der Waals surface area contributed by atoms with E-state index in [9.17, 15) is 0 Å². The van der Waals surface area contributed by atoms with Crippen molar-refractivity contribution >= 4 is 16.3 Å². The molecule has 0 aliphatic carbocycles. The molecule has 1 fully saturated rings. The molecule has 0 radical (unpaired) electrons. The van der Waals surface area contributed by atoms with Gasteiger partial charge in [-0.15, -0.1) is 11.3 Å². The van der Waals surface area contributed by atoms with Crippen LogP contribution in [0.3, 0.4) is 0 Å². The van der Waals surface area contributed by atoms with Crippen LogP contribution >= 0.6 is 11.3 Å². The number of ether oxygens (including phenoxy) is 1. The molecular weight excluding hydrogens is 196 g/mol. The molecule has 0 spiro atoms. The van der Waals surface area contributed by atoms with Crippen molar-refractivity contribution in [1.82, 2.24) is 5.32 Å². The number of thiophene rings is 1. The lowest BCUT2D eigenvalue weighted by Gasteiger charge is -2.27. The fraction of sp³-hybridized carbons (Fsp3) is 0.600. The van der Waals surface area contributed by atoms with E-state index in [0.717, 1.165) is 32.8 Å². The molecule has 0 amide bonds. The minimum Gasteiger partial charge on any atom is -0.378 e. The van der Waals surface area contributed by atoms with Gasteiger partial charge in [0.15, 0.2) is 0 Å². The maximum atomic E-state index is 5.33. The van der Waals surface area contributed by atoms with Crippen molar-refractivity contribution in [2.45, 2.75) is 6.54 Å². The fourth-order valence-corrected chi connectivity index (χ4v) is 2.66. The Morgan fingerprint density at radius 3 is 2.93 bits per heavy atom. The van der Waals surface area contributed by atoms with E-state index < -0.39 is 0 Å². The van der Waals surface area contributed by atoms with E-state index in [1.165, 1.54) is 9.88 Å². The van der Waals surface area contributed by atoms with Crippen LogP contribution < -0.4 is 10.2 Å². The number of nitrogens with zero attached hydrogens (tertiary/aromatic N) is 1. The topological polar surface area (TPSA) is 24.5 Å². The summed E-state index contributed by atoms with van der Waals surface area (Å²) in [7, 11) is 1.98. The second kappa shape index (κ2) is 4.77. The molecule has 78 valence electrons. The van der Waals surface area contributed by atoms with Crippen LogP contribution in [0.25, 0.3) is 0 Å². The van der Waals surface area contributed by atoms with Crippen LogP contribution in [0.5, 0.6) is 0 Å². The van der Waals surface area contributed by atoms with Crippen LogP contribution in [0.1, 0.15) is 4.88 Å². The van der Waals surface area contributed by atoms with Crippen molar-refractivity contribution in [3.63, 3.8) is 0 Å². The van der Waals surface area contributed by atoms with Gasteiger partial charge in [-0.05, 0) is 19.2 Å². The Labute approximate surface area is 88.7 Å². The summed E-state index contributed by atoms with van der Waals surface area (Å²) in [6.45, 7) is 4.74. The number of rotatable bonds is 3. The Morgan fingerprint density at radius 1 is 1.43 bits per heavy atom. The van der Waals surface area contributed by atoms with E-state index in [2.05, 4.69) is 22.3 Å². The van der Waals surface area contributed by atoms with Crippen molar-refractivity contribution in [3.05, 3.63) is 17.0 Å². The highest BCUT2D eigenvalue weighted by molar-refractivity contribution is 7.16. The number of morpholine rings is 1. The zero-order chi connectivity index (χ0) is 9.80. The van der Waals surface area contributed by atoms with E-state index in [0.29, 0.717) is 0 Å². The van der Waals surface area contributed by atoms with Crippen molar-refractivity contribution in [3.8, 4) is 0 Å². The van der Waals surface area contributed by atoms with Crippen molar-refractivity contribution in [2.24, 2.45) is 0 Å². The second-order valence-electron chi connectivity index (χ2n) is 3.37. The molecule has 0 unspecified atom stereocenters. The van der Waals surface area contributed by atoms with Crippen LogP contribution in [-0.4, -0.2) is 33.4 Å². The maximum absolute atomic E-state index is 5.33. The van der Waals surface area contributed by atoms with Crippen LogP contribution in [0, 0.1) is 0 Å². The first-order valence-corrected chi connectivity index (χ1v) is 5.78. The standard InChI is InChI=1S/C10H16N2OS/c1-11-8-9-2-3-10(14-9)12-4-6-13-7-5-12/h2-3,11H,4-8H2,1H3. The monoisotopic (exact) mass is 212 g/mol. The molecule has 1 aromatic heterocycles. The Bertz CT molecular complexity index is 281. The van der Waals surface area contributed by atoms with Crippen LogP contribution in [0.15, 0.2) is 12.1 Å². The third kappa shape index (κ3) is 2.26. The molecule has 2 rings (SSSR count). The predicted molar refractivity (Wildman–Crippen MR) is 60.1 cm³/mol. The number of hydrogen-bond donors (Lipinski definition) is 1. The van der Waals surface area contributed by atoms with Gasteiger partial charge in [0.25, 0.3) is 0 Å². The minimum absolute atomic E-state index is 0.860. The summed E-state index contributed by atoms with van der Waals surface area (Å²) in [5.74, 6) is 0.